The number of amides is 2. The Kier molecular flexibility index (Phi) is 8.28. The highest BCUT2D eigenvalue weighted by Gasteiger charge is 2.60. The van der Waals surface area contributed by atoms with Crippen molar-refractivity contribution >= 4 is 34.3 Å². The van der Waals surface area contributed by atoms with E-state index in [1.165, 1.54) is 25.3 Å². The van der Waals surface area contributed by atoms with Crippen LogP contribution in [0.4, 0.5) is 26.3 Å². The van der Waals surface area contributed by atoms with Gasteiger partial charge in [-0.3, -0.25) is 9.59 Å². The number of carbonyl (C=O) groups is 2. The highest BCUT2D eigenvalue weighted by Crippen LogP contribution is 2.49. The van der Waals surface area contributed by atoms with Gasteiger partial charge < -0.3 is 25.6 Å². The summed E-state index contributed by atoms with van der Waals surface area (Å²) in [5.41, 5.74) is -3.66. The van der Waals surface area contributed by atoms with Crippen molar-refractivity contribution in [3.05, 3.63) is 81.9 Å². The second-order valence-electron chi connectivity index (χ2n) is 10.5. The molecule has 5 rings (SSSR count). The van der Waals surface area contributed by atoms with Crippen molar-refractivity contribution in [2.45, 2.75) is 30.5 Å². The van der Waals surface area contributed by atoms with Gasteiger partial charge >= 0.3 is 6.18 Å². The first kappa shape index (κ1) is 32.8. The van der Waals surface area contributed by atoms with Crippen LogP contribution in [-0.4, -0.2) is 59.8 Å². The van der Waals surface area contributed by atoms with Crippen LogP contribution in [0.1, 0.15) is 27.3 Å². The molecule has 0 aliphatic carbocycles. The number of benzene rings is 2. The van der Waals surface area contributed by atoms with E-state index >= 15 is 0 Å². The highest BCUT2D eigenvalue weighted by atomic mass is 35.5. The minimum Gasteiger partial charge on any atom is -0.494 e. The van der Waals surface area contributed by atoms with E-state index < -0.39 is 77.1 Å². The smallest absolute Gasteiger partial charge is 0.424 e. The fraction of sp³-hybridized carbons (Fsp3) is 0.267. The number of ether oxygens (including phenoxy) is 2. The third-order valence-corrected chi connectivity index (χ3v) is 8.10. The molecule has 0 bridgehead atoms. The SMILES string of the molecule is COc1cc(C(=O)NCC(O)(c2cc3c(c(-c4ccc(F)cc4)n2)OCC3(C(N)=O)C(F)F)C(F)(F)F)cc2cc(Cl)c(C)nc12. The van der Waals surface area contributed by atoms with Gasteiger partial charge in [-0.2, -0.15) is 13.2 Å². The fourth-order valence-electron chi connectivity index (χ4n) is 5.04. The molecule has 2 amide bonds. The molecule has 4 aromatic rings. The van der Waals surface area contributed by atoms with Crippen LogP contribution in [-0.2, 0) is 15.8 Å². The molecule has 2 aromatic carbocycles. The van der Waals surface area contributed by atoms with Gasteiger partial charge in [-0.15, -0.1) is 0 Å². The molecule has 2 atom stereocenters. The lowest BCUT2D eigenvalue weighted by atomic mass is 9.80. The van der Waals surface area contributed by atoms with Crippen molar-refractivity contribution < 1.29 is 50.5 Å². The largest absolute Gasteiger partial charge is 0.494 e. The maximum absolute atomic E-state index is 14.7. The summed E-state index contributed by atoms with van der Waals surface area (Å²) in [6.45, 7) is -0.969. The number of primary amides is 1. The topological polar surface area (TPSA) is 137 Å². The Bertz CT molecular complexity index is 1870. The molecule has 0 radical (unpaired) electrons. The molecule has 4 N–H and O–H groups in total. The summed E-state index contributed by atoms with van der Waals surface area (Å²) >= 11 is 6.15. The number of aryl methyl sites for hydroxylation is 1. The molecule has 2 aromatic heterocycles. The third kappa shape index (κ3) is 5.32. The number of fused-ring (bicyclic) bond motifs is 2. The van der Waals surface area contributed by atoms with E-state index in [1.54, 1.807) is 6.92 Å². The molecular weight excluding hydrogens is 646 g/mol. The van der Waals surface area contributed by atoms with Gasteiger partial charge in [0, 0.05) is 22.1 Å². The summed E-state index contributed by atoms with van der Waals surface area (Å²) in [7, 11) is 1.29. The number of hydrogen-bond acceptors (Lipinski definition) is 7. The second kappa shape index (κ2) is 11.6. The number of rotatable bonds is 8. The number of methoxy groups -OCH3 is 1. The third-order valence-electron chi connectivity index (χ3n) is 7.72. The van der Waals surface area contributed by atoms with Crippen LogP contribution in [0.5, 0.6) is 11.5 Å². The number of aromatic nitrogens is 2. The molecule has 0 fully saturated rings. The Morgan fingerprint density at radius 2 is 1.83 bits per heavy atom. The summed E-state index contributed by atoms with van der Waals surface area (Å²) in [6, 6.07) is 8.46. The highest BCUT2D eigenvalue weighted by molar-refractivity contribution is 6.31. The summed E-state index contributed by atoms with van der Waals surface area (Å²) in [4.78, 5) is 33.7. The quantitative estimate of drug-likeness (QED) is 0.226. The Labute approximate surface area is 261 Å². The molecule has 1 aliphatic heterocycles. The van der Waals surface area contributed by atoms with E-state index in [0.717, 1.165) is 24.3 Å². The number of hydrogen-bond donors (Lipinski definition) is 3. The van der Waals surface area contributed by atoms with Crippen molar-refractivity contribution in [3.8, 4) is 22.8 Å². The van der Waals surface area contributed by atoms with Crippen LogP contribution in [0.2, 0.25) is 5.02 Å². The lowest BCUT2D eigenvalue weighted by molar-refractivity contribution is -0.265. The number of nitrogens with one attached hydrogen (secondary N) is 1. The molecule has 2 unspecified atom stereocenters. The summed E-state index contributed by atoms with van der Waals surface area (Å²) in [6.07, 6.45) is -9.12. The molecule has 0 saturated carbocycles. The Morgan fingerprint density at radius 3 is 2.41 bits per heavy atom. The van der Waals surface area contributed by atoms with Crippen LogP contribution in [0.3, 0.4) is 0 Å². The van der Waals surface area contributed by atoms with E-state index in [2.05, 4.69) is 9.97 Å². The predicted octanol–water partition coefficient (Wildman–Crippen LogP) is 4.97. The Balaban J connectivity index is 1.62. The minimum atomic E-state index is -5.57. The first-order valence-corrected chi connectivity index (χ1v) is 13.7. The number of pyridine rings is 2. The van der Waals surface area contributed by atoms with Crippen LogP contribution in [0.15, 0.2) is 48.5 Å². The minimum absolute atomic E-state index is 0.0895. The standard InChI is InChI=1S/C30H23ClF6N4O5/c1-13-19(31)8-15-7-16(9-20(45-2)22(15)40-13)25(42)39-11-29(44,30(35,36)37)21-10-18-24(46-12-28(18,26(33)34)27(38)43)23(41-21)14-3-5-17(32)6-4-14/h3-10,26,44H,11-12H2,1-2H3,(H2,38,43)(H,39,42). The fourth-order valence-corrected chi connectivity index (χ4v) is 5.20. The van der Waals surface area contributed by atoms with Gasteiger partial charge in [0.15, 0.2) is 5.41 Å². The van der Waals surface area contributed by atoms with Crippen LogP contribution < -0.4 is 20.5 Å². The van der Waals surface area contributed by atoms with Gasteiger partial charge in [0.2, 0.25) is 11.5 Å². The summed E-state index contributed by atoms with van der Waals surface area (Å²) < 4.78 is 97.2. The monoisotopic (exact) mass is 668 g/mol. The molecule has 0 saturated heterocycles. The zero-order valence-electron chi connectivity index (χ0n) is 23.8. The number of nitrogens with zero attached hydrogens (tertiary/aromatic N) is 2. The molecular formula is C30H23ClF6N4O5. The van der Waals surface area contributed by atoms with Crippen molar-refractivity contribution in [3.63, 3.8) is 0 Å². The van der Waals surface area contributed by atoms with E-state index in [4.69, 9.17) is 26.8 Å². The normalized spacial score (nSPS) is 17.4. The van der Waals surface area contributed by atoms with Gasteiger partial charge in [0.1, 0.15) is 35.1 Å². The average Bonchev–Trinajstić information content (AvgIpc) is 3.40. The number of nitrogens with two attached hydrogens (primary N) is 1. The Hall–Kier alpha value is -4.63. The predicted molar refractivity (Wildman–Crippen MR) is 152 cm³/mol. The molecule has 46 heavy (non-hydrogen) atoms. The lowest BCUT2D eigenvalue weighted by Gasteiger charge is -2.32. The van der Waals surface area contributed by atoms with Crippen molar-refractivity contribution in [2.24, 2.45) is 5.73 Å². The second-order valence-corrected chi connectivity index (χ2v) is 10.9. The Morgan fingerprint density at radius 1 is 1.15 bits per heavy atom. The number of carbonyl (C=O) groups excluding carboxylic acids is 2. The molecule has 3 heterocycles. The van der Waals surface area contributed by atoms with Crippen LogP contribution in [0.25, 0.3) is 22.2 Å². The van der Waals surface area contributed by atoms with E-state index in [1.807, 2.05) is 5.32 Å². The van der Waals surface area contributed by atoms with Gasteiger partial charge in [-0.25, -0.2) is 23.1 Å². The van der Waals surface area contributed by atoms with Crippen molar-refractivity contribution in [2.75, 3.05) is 20.3 Å². The van der Waals surface area contributed by atoms with E-state index in [9.17, 15) is 41.0 Å². The molecule has 9 nitrogen and oxygen atoms in total. The maximum Gasteiger partial charge on any atom is 0.424 e. The van der Waals surface area contributed by atoms with Crippen molar-refractivity contribution in [1.82, 2.24) is 15.3 Å². The average molecular weight is 669 g/mol. The number of alkyl halides is 5. The summed E-state index contributed by atoms with van der Waals surface area (Å²) in [5.74, 6) is -3.84. The van der Waals surface area contributed by atoms with E-state index in [0.29, 0.717) is 22.7 Å². The molecule has 242 valence electrons. The lowest BCUT2D eigenvalue weighted by Crippen LogP contribution is -2.52. The number of aliphatic hydroxyl groups is 1. The van der Waals surface area contributed by atoms with Gasteiger partial charge in [-0.1, -0.05) is 11.6 Å². The van der Waals surface area contributed by atoms with Gasteiger partial charge in [0.05, 0.1) is 30.1 Å². The first-order valence-electron chi connectivity index (χ1n) is 13.3. The molecule has 0 spiro atoms. The molecule has 16 heteroatoms. The maximum atomic E-state index is 14.7. The zero-order valence-corrected chi connectivity index (χ0v) is 24.6. The first-order chi connectivity index (χ1) is 21.5. The zero-order chi connectivity index (χ0) is 33.8. The molecule has 1 aliphatic rings. The van der Waals surface area contributed by atoms with Crippen LogP contribution >= 0.6 is 11.6 Å². The summed E-state index contributed by atoms with van der Waals surface area (Å²) in [5, 5.41) is 13.8. The van der Waals surface area contributed by atoms with Gasteiger partial charge in [0.25, 0.3) is 12.3 Å². The van der Waals surface area contributed by atoms with Crippen LogP contribution in [0, 0.1) is 12.7 Å². The van der Waals surface area contributed by atoms with E-state index in [-0.39, 0.29) is 21.9 Å². The van der Waals surface area contributed by atoms with Gasteiger partial charge in [-0.05, 0) is 55.5 Å². The van der Waals surface area contributed by atoms with Crippen molar-refractivity contribution in [1.29, 1.82) is 0 Å². The number of halogens is 7.